The number of hydrogen-bond donors (Lipinski definition) is 1. The molecule has 0 spiro atoms. The molecule has 0 radical (unpaired) electrons. The van der Waals surface area contributed by atoms with E-state index in [4.69, 9.17) is 27.9 Å². The van der Waals surface area contributed by atoms with E-state index in [1.54, 1.807) is 19.2 Å². The maximum atomic E-state index is 9.76. The van der Waals surface area contributed by atoms with Crippen LogP contribution in [0.1, 0.15) is 23.6 Å². The Hall–Kier alpha value is -2.36. The summed E-state index contributed by atoms with van der Waals surface area (Å²) in [5.74, 6) is 0.858. The van der Waals surface area contributed by atoms with Gasteiger partial charge in [-0.05, 0) is 54.4 Å². The zero-order chi connectivity index (χ0) is 19.9. The molecule has 3 aromatic carbocycles. The van der Waals surface area contributed by atoms with Crippen LogP contribution in [0.5, 0.6) is 11.5 Å². The minimum absolute atomic E-state index is 0.190. The summed E-state index contributed by atoms with van der Waals surface area (Å²) in [6.07, 6.45) is 0. The lowest BCUT2D eigenvalue weighted by Crippen LogP contribution is -2.32. The van der Waals surface area contributed by atoms with E-state index in [1.807, 2.05) is 36.4 Å². The van der Waals surface area contributed by atoms with Gasteiger partial charge in [0.25, 0.3) is 0 Å². The smallest absolute Gasteiger partial charge is 0.127 e. The second-order valence-corrected chi connectivity index (χ2v) is 8.17. The predicted octanol–water partition coefficient (Wildman–Crippen LogP) is 6.03. The number of phenols is 1. The Balaban J connectivity index is 1.79. The fourth-order valence-electron chi connectivity index (χ4n) is 4.13. The predicted molar refractivity (Wildman–Crippen MR) is 115 cm³/mol. The van der Waals surface area contributed by atoms with Crippen LogP contribution in [-0.2, 0) is 12.0 Å². The first-order chi connectivity index (χ1) is 13.4. The number of aromatic hydroxyl groups is 1. The molecule has 0 fully saturated rings. The van der Waals surface area contributed by atoms with Crippen molar-refractivity contribution in [3.63, 3.8) is 0 Å². The van der Waals surface area contributed by atoms with Gasteiger partial charge in [0.1, 0.15) is 11.5 Å². The van der Waals surface area contributed by atoms with Crippen LogP contribution < -0.4 is 9.64 Å². The Bertz CT molecular complexity index is 1040. The second-order valence-electron chi connectivity index (χ2n) is 7.33. The number of methoxy groups -OCH3 is 1. The monoisotopic (exact) mass is 413 g/mol. The zero-order valence-corrected chi connectivity index (χ0v) is 17.3. The van der Waals surface area contributed by atoms with Crippen LogP contribution in [0.3, 0.4) is 0 Å². The van der Waals surface area contributed by atoms with Gasteiger partial charge in [0.05, 0.1) is 7.11 Å². The SMILES string of the molecule is COc1cc(O)ccc1CN1CC(C)(c2ccccc2Cl)c2cc(Cl)ccc21. The summed E-state index contributed by atoms with van der Waals surface area (Å²) in [5, 5.41) is 11.2. The molecule has 3 nitrogen and oxygen atoms in total. The van der Waals surface area contributed by atoms with Gasteiger partial charge < -0.3 is 14.7 Å². The topological polar surface area (TPSA) is 32.7 Å². The lowest BCUT2D eigenvalue weighted by atomic mass is 9.78. The molecule has 0 aromatic heterocycles. The van der Waals surface area contributed by atoms with Crippen molar-refractivity contribution in [2.24, 2.45) is 0 Å². The molecular weight excluding hydrogens is 393 g/mol. The summed E-state index contributed by atoms with van der Waals surface area (Å²) < 4.78 is 5.47. The first kappa shape index (κ1) is 19.0. The quantitative estimate of drug-likeness (QED) is 0.566. The molecule has 144 valence electrons. The van der Waals surface area contributed by atoms with Crippen LogP contribution >= 0.6 is 23.2 Å². The van der Waals surface area contributed by atoms with E-state index < -0.39 is 0 Å². The standard InChI is InChI=1S/C23H21Cl2NO2/c1-23(18-5-3-4-6-20(18)25)14-26(21-10-8-16(24)11-19(21)23)13-15-7-9-17(27)12-22(15)28-2/h3-12,27H,13-14H2,1-2H3. The number of halogens is 2. The van der Waals surface area contributed by atoms with Crippen molar-refractivity contribution in [1.82, 2.24) is 0 Å². The van der Waals surface area contributed by atoms with Crippen molar-refractivity contribution < 1.29 is 9.84 Å². The van der Waals surface area contributed by atoms with E-state index in [2.05, 4.69) is 24.0 Å². The summed E-state index contributed by atoms with van der Waals surface area (Å²) in [4.78, 5) is 2.31. The summed E-state index contributed by atoms with van der Waals surface area (Å²) in [7, 11) is 1.61. The Morgan fingerprint density at radius 2 is 1.82 bits per heavy atom. The number of anilines is 1. The van der Waals surface area contributed by atoms with Crippen molar-refractivity contribution in [3.8, 4) is 11.5 Å². The molecule has 1 aliphatic heterocycles. The van der Waals surface area contributed by atoms with Gasteiger partial charge in [-0.1, -0.05) is 41.4 Å². The highest BCUT2D eigenvalue weighted by atomic mass is 35.5. The fraction of sp³-hybridized carbons (Fsp3) is 0.217. The van der Waals surface area contributed by atoms with Gasteiger partial charge in [-0.3, -0.25) is 0 Å². The molecule has 0 aliphatic carbocycles. The van der Waals surface area contributed by atoms with Gasteiger partial charge in [0.2, 0.25) is 0 Å². The Morgan fingerprint density at radius 3 is 2.57 bits per heavy atom. The van der Waals surface area contributed by atoms with E-state index in [0.29, 0.717) is 17.3 Å². The van der Waals surface area contributed by atoms with Gasteiger partial charge in [-0.2, -0.15) is 0 Å². The maximum Gasteiger partial charge on any atom is 0.127 e. The molecule has 1 aliphatic rings. The van der Waals surface area contributed by atoms with Gasteiger partial charge in [0.15, 0.2) is 0 Å². The molecule has 5 heteroatoms. The third-order valence-electron chi connectivity index (χ3n) is 5.50. The first-order valence-corrected chi connectivity index (χ1v) is 9.84. The first-order valence-electron chi connectivity index (χ1n) is 9.08. The summed E-state index contributed by atoms with van der Waals surface area (Å²) in [6.45, 7) is 3.62. The molecule has 1 N–H and O–H groups in total. The molecule has 1 atom stereocenters. The molecule has 3 aromatic rings. The number of ether oxygens (including phenoxy) is 1. The minimum Gasteiger partial charge on any atom is -0.508 e. The summed E-state index contributed by atoms with van der Waals surface area (Å²) >= 11 is 12.9. The largest absolute Gasteiger partial charge is 0.508 e. The van der Waals surface area contributed by atoms with Crippen LogP contribution in [0.4, 0.5) is 5.69 Å². The third kappa shape index (κ3) is 3.19. The molecule has 0 saturated heterocycles. The number of nitrogens with zero attached hydrogens (tertiary/aromatic N) is 1. The van der Waals surface area contributed by atoms with E-state index in [-0.39, 0.29) is 11.2 Å². The summed E-state index contributed by atoms with van der Waals surface area (Å²) in [5.41, 5.74) is 4.08. The fourth-order valence-corrected chi connectivity index (χ4v) is 4.64. The molecule has 1 unspecified atom stereocenters. The normalized spacial score (nSPS) is 18.2. The molecule has 28 heavy (non-hydrogen) atoms. The van der Waals surface area contributed by atoms with Crippen LogP contribution in [0.2, 0.25) is 10.0 Å². The van der Waals surface area contributed by atoms with Gasteiger partial charge >= 0.3 is 0 Å². The van der Waals surface area contributed by atoms with Crippen molar-refractivity contribution in [1.29, 1.82) is 0 Å². The van der Waals surface area contributed by atoms with Crippen molar-refractivity contribution in [2.75, 3.05) is 18.6 Å². The van der Waals surface area contributed by atoms with Crippen LogP contribution in [0.15, 0.2) is 60.7 Å². The molecule has 4 rings (SSSR count). The molecule has 0 saturated carbocycles. The third-order valence-corrected chi connectivity index (χ3v) is 6.07. The van der Waals surface area contributed by atoms with Crippen molar-refractivity contribution in [3.05, 3.63) is 87.4 Å². The number of hydrogen-bond acceptors (Lipinski definition) is 3. The maximum absolute atomic E-state index is 9.76. The Kier molecular flexibility index (Phi) is 4.90. The van der Waals surface area contributed by atoms with Gasteiger partial charge in [0, 0.05) is 45.9 Å². The van der Waals surface area contributed by atoms with Crippen LogP contribution in [0.25, 0.3) is 0 Å². The van der Waals surface area contributed by atoms with E-state index in [9.17, 15) is 5.11 Å². The van der Waals surface area contributed by atoms with E-state index in [1.165, 1.54) is 0 Å². The second kappa shape index (κ2) is 7.23. The molecule has 0 amide bonds. The Morgan fingerprint density at radius 1 is 1.04 bits per heavy atom. The van der Waals surface area contributed by atoms with Crippen LogP contribution in [0, 0.1) is 0 Å². The molecule has 0 bridgehead atoms. The number of fused-ring (bicyclic) bond motifs is 1. The number of rotatable bonds is 4. The van der Waals surface area contributed by atoms with Crippen LogP contribution in [-0.4, -0.2) is 18.8 Å². The van der Waals surface area contributed by atoms with Gasteiger partial charge in [-0.15, -0.1) is 0 Å². The average Bonchev–Trinajstić information content (AvgIpc) is 2.95. The summed E-state index contributed by atoms with van der Waals surface area (Å²) in [6, 6.07) is 19.2. The number of benzene rings is 3. The van der Waals surface area contributed by atoms with Crippen molar-refractivity contribution >= 4 is 28.9 Å². The van der Waals surface area contributed by atoms with E-state index >= 15 is 0 Å². The average molecular weight is 414 g/mol. The highest BCUT2D eigenvalue weighted by Gasteiger charge is 2.41. The lowest BCUT2D eigenvalue weighted by Gasteiger charge is -2.28. The lowest BCUT2D eigenvalue weighted by molar-refractivity contribution is 0.402. The zero-order valence-electron chi connectivity index (χ0n) is 15.7. The highest BCUT2D eigenvalue weighted by molar-refractivity contribution is 6.31. The van der Waals surface area contributed by atoms with Crippen molar-refractivity contribution in [2.45, 2.75) is 18.9 Å². The van der Waals surface area contributed by atoms with Gasteiger partial charge in [-0.25, -0.2) is 0 Å². The molecular formula is C23H21Cl2NO2. The van der Waals surface area contributed by atoms with E-state index in [0.717, 1.165) is 33.9 Å². The Labute approximate surface area is 175 Å². The minimum atomic E-state index is -0.289. The highest BCUT2D eigenvalue weighted by Crippen LogP contribution is 2.48. The molecule has 1 heterocycles. The number of phenolic OH excluding ortho intramolecular Hbond substituents is 1.